The maximum Gasteiger partial charge on any atom is 0.408 e. The van der Waals surface area contributed by atoms with E-state index in [0.29, 0.717) is 5.57 Å². The highest BCUT2D eigenvalue weighted by molar-refractivity contribution is 5.96. The van der Waals surface area contributed by atoms with Crippen molar-refractivity contribution in [3.63, 3.8) is 0 Å². The van der Waals surface area contributed by atoms with Crippen molar-refractivity contribution in [2.45, 2.75) is 147 Å². The van der Waals surface area contributed by atoms with Gasteiger partial charge in [-0.05, 0) is 71.7 Å². The zero-order valence-corrected chi connectivity index (χ0v) is 35.1. The standard InChI is InChI=1S/C43H55NO15/c1-21(2)16-26(44-37(52)59-38(6,7)8)31(48)35(51)56-27-18-43(53)39(9)19-42(43,58-34(50)25-14-12-11-13-15-25)36-40(10,33(49)32(55-23(4)45)30(39)22(27)3)28(47)17-29-41(36,20-54-29)57-24(5)46/h11-16,26-29,31-32,36,47-48,53H,17-20H2,1-10H3,(H,44,52)/t26-,27-,28-,29+,31+,32+,36-,39?,40-,41-,42+,43-/m0/s1. The lowest BCUT2D eigenvalue weighted by molar-refractivity contribution is -0.403. The van der Waals surface area contributed by atoms with Crippen molar-refractivity contribution in [1.29, 1.82) is 0 Å². The minimum absolute atomic E-state index is 0.0539. The number of carbonyl (C=O) groups is 6. The van der Waals surface area contributed by atoms with E-state index in [1.807, 2.05) is 0 Å². The summed E-state index contributed by atoms with van der Waals surface area (Å²) in [7, 11) is 0. The number of hydrogen-bond acceptors (Lipinski definition) is 15. The lowest BCUT2D eigenvalue weighted by Crippen LogP contribution is -2.91. The van der Waals surface area contributed by atoms with Crippen molar-refractivity contribution in [3.05, 3.63) is 58.7 Å². The van der Waals surface area contributed by atoms with Crippen molar-refractivity contribution in [2.24, 2.45) is 16.7 Å². The predicted octanol–water partition coefficient (Wildman–Crippen LogP) is 3.18. The molecule has 6 aliphatic rings. The number of hydrogen-bond donors (Lipinski definition) is 4. The van der Waals surface area contributed by atoms with E-state index in [1.165, 1.54) is 32.1 Å². The third kappa shape index (κ3) is 6.85. The van der Waals surface area contributed by atoms with Crippen LogP contribution < -0.4 is 5.32 Å². The average Bonchev–Trinajstić information content (AvgIpc) is 3.11. The highest BCUT2D eigenvalue weighted by Crippen LogP contribution is 2.76. The molecule has 0 aromatic heterocycles. The second-order valence-electron chi connectivity index (χ2n) is 18.3. The highest BCUT2D eigenvalue weighted by Gasteiger charge is 2.89. The minimum atomic E-state index is -2.31. The van der Waals surface area contributed by atoms with Crippen LogP contribution in [0.15, 0.2) is 53.1 Å². The van der Waals surface area contributed by atoms with Crippen LogP contribution in [-0.2, 0) is 47.6 Å². The fourth-order valence-corrected chi connectivity index (χ4v) is 10.6. The molecule has 4 N–H and O–H groups in total. The van der Waals surface area contributed by atoms with Crippen molar-refractivity contribution >= 4 is 35.8 Å². The van der Waals surface area contributed by atoms with Gasteiger partial charge in [-0.1, -0.05) is 36.8 Å². The van der Waals surface area contributed by atoms with Gasteiger partial charge in [0.2, 0.25) is 0 Å². The molecular formula is C43H55NO15. The van der Waals surface area contributed by atoms with Gasteiger partial charge in [-0.25, -0.2) is 14.4 Å². The van der Waals surface area contributed by atoms with Crippen LogP contribution in [-0.4, -0.2) is 117 Å². The summed E-state index contributed by atoms with van der Waals surface area (Å²) in [5.74, 6) is -6.14. The molecule has 322 valence electrons. The van der Waals surface area contributed by atoms with E-state index >= 15 is 4.79 Å². The Hall–Kier alpha value is -4.64. The van der Waals surface area contributed by atoms with Crippen LogP contribution >= 0.6 is 0 Å². The number of amides is 1. The maximum atomic E-state index is 15.4. The molecule has 1 amide bonds. The van der Waals surface area contributed by atoms with E-state index in [1.54, 1.807) is 59.7 Å². The summed E-state index contributed by atoms with van der Waals surface area (Å²) in [4.78, 5) is 82.4. The predicted molar refractivity (Wildman–Crippen MR) is 205 cm³/mol. The summed E-state index contributed by atoms with van der Waals surface area (Å²) in [6.45, 7) is 14.8. The Balaban J connectivity index is 1.54. The Labute approximate surface area is 342 Å². The van der Waals surface area contributed by atoms with Gasteiger partial charge >= 0.3 is 30.0 Å². The van der Waals surface area contributed by atoms with Gasteiger partial charge < -0.3 is 49.1 Å². The van der Waals surface area contributed by atoms with E-state index in [0.717, 1.165) is 13.8 Å². The second kappa shape index (κ2) is 14.8. The van der Waals surface area contributed by atoms with Crippen LogP contribution in [0.5, 0.6) is 0 Å². The van der Waals surface area contributed by atoms with Crippen molar-refractivity contribution in [2.75, 3.05) is 6.61 Å². The molecule has 1 saturated heterocycles. The minimum Gasteiger partial charge on any atom is -0.456 e. The molecule has 5 fully saturated rings. The molecular weight excluding hydrogens is 770 g/mol. The zero-order valence-electron chi connectivity index (χ0n) is 35.1. The second-order valence-corrected chi connectivity index (χ2v) is 18.3. The molecule has 1 aromatic carbocycles. The monoisotopic (exact) mass is 825 g/mol. The van der Waals surface area contributed by atoms with Crippen LogP contribution in [0.1, 0.15) is 98.9 Å². The van der Waals surface area contributed by atoms with Gasteiger partial charge in [0.15, 0.2) is 29.2 Å². The number of aliphatic hydroxyl groups excluding tert-OH is 2. The highest BCUT2D eigenvalue weighted by atomic mass is 16.6. The fourth-order valence-electron chi connectivity index (χ4n) is 10.6. The first-order valence-electron chi connectivity index (χ1n) is 19.7. The zero-order chi connectivity index (χ0) is 43.8. The molecule has 0 radical (unpaired) electrons. The van der Waals surface area contributed by atoms with Gasteiger partial charge in [0.05, 0.1) is 35.6 Å². The summed E-state index contributed by atoms with van der Waals surface area (Å²) in [6, 6.07) is 6.55. The van der Waals surface area contributed by atoms with Crippen LogP contribution in [0.4, 0.5) is 4.79 Å². The summed E-state index contributed by atoms with van der Waals surface area (Å²) >= 11 is 0. The Morgan fingerprint density at radius 1 is 0.983 bits per heavy atom. The number of ketones is 1. The number of esters is 4. The van der Waals surface area contributed by atoms with Gasteiger partial charge in [0, 0.05) is 38.5 Å². The molecule has 5 aliphatic carbocycles. The van der Waals surface area contributed by atoms with Gasteiger partial charge in [-0.2, -0.15) is 0 Å². The molecule has 1 aromatic rings. The van der Waals surface area contributed by atoms with Crippen molar-refractivity contribution in [3.8, 4) is 0 Å². The third-order valence-electron chi connectivity index (χ3n) is 12.9. The number of ether oxygens (including phenoxy) is 6. The number of carbonyl (C=O) groups excluding carboxylic acids is 6. The molecule has 1 aliphatic heterocycles. The SMILES string of the molecule is CC(=O)O[C@H]1C(=O)[C@@]2(C)[C@@H]([C@]3(OC(C)=O)CO[C@@H]3C[C@@H]2O)[C@]2(OC(=O)c3ccccc3)CC3(C)C1=C(C)[C@@H](OC(=O)[C@H](O)[C@H](C=C(C)C)NC(=O)OC(C)(C)C)C[C@]32O. The number of alkyl carbamates (subject to hydrolysis) is 1. The number of fused-ring (bicyclic) bond motifs is 2. The largest absolute Gasteiger partial charge is 0.456 e. The number of rotatable bonds is 9. The van der Waals surface area contributed by atoms with Gasteiger partial charge in [-0.3, -0.25) is 14.4 Å². The van der Waals surface area contributed by atoms with Gasteiger partial charge in [-0.15, -0.1) is 0 Å². The van der Waals surface area contributed by atoms with Gasteiger partial charge in [0.1, 0.15) is 23.4 Å². The first kappa shape index (κ1) is 43.9. The number of aliphatic hydroxyl groups is 3. The Morgan fingerprint density at radius 3 is 2.17 bits per heavy atom. The van der Waals surface area contributed by atoms with Crippen LogP contribution in [0.3, 0.4) is 0 Å². The molecule has 7 rings (SSSR count). The fraction of sp³-hybridized carbons (Fsp3) is 0.628. The summed E-state index contributed by atoms with van der Waals surface area (Å²) in [6.07, 6.45) is -8.22. The molecule has 0 spiro atoms. The Morgan fingerprint density at radius 2 is 1.63 bits per heavy atom. The first-order valence-corrected chi connectivity index (χ1v) is 19.7. The van der Waals surface area contributed by atoms with Crippen LogP contribution in [0, 0.1) is 16.7 Å². The molecule has 16 heteroatoms. The number of Topliss-reactive ketones (excluding diaryl/α,β-unsaturated/α-hetero) is 1. The topological polar surface area (TPSA) is 231 Å². The smallest absolute Gasteiger partial charge is 0.408 e. The van der Waals surface area contributed by atoms with Crippen molar-refractivity contribution < 1.29 is 72.5 Å². The van der Waals surface area contributed by atoms with Gasteiger partial charge in [0.25, 0.3) is 0 Å². The normalized spacial score (nSPS) is 36.6. The quantitative estimate of drug-likeness (QED) is 0.159. The number of benzene rings is 1. The van der Waals surface area contributed by atoms with E-state index in [9.17, 15) is 39.3 Å². The summed E-state index contributed by atoms with van der Waals surface area (Å²) in [5, 5.41) is 39.6. The Bertz CT molecular complexity index is 2000. The molecule has 12 atom stereocenters. The summed E-state index contributed by atoms with van der Waals surface area (Å²) < 4.78 is 35.7. The van der Waals surface area contributed by atoms with Crippen LogP contribution in [0.25, 0.3) is 0 Å². The molecule has 1 unspecified atom stereocenters. The lowest BCUT2D eigenvalue weighted by Gasteiger charge is -2.77. The molecule has 4 saturated carbocycles. The average molecular weight is 826 g/mol. The third-order valence-corrected chi connectivity index (χ3v) is 12.9. The molecule has 16 nitrogen and oxygen atoms in total. The van der Waals surface area contributed by atoms with E-state index in [-0.39, 0.29) is 36.2 Å². The maximum absolute atomic E-state index is 15.4. The first-order chi connectivity index (χ1) is 27.3. The molecule has 59 heavy (non-hydrogen) atoms. The van der Waals surface area contributed by atoms with E-state index in [4.69, 9.17) is 28.4 Å². The van der Waals surface area contributed by atoms with E-state index in [2.05, 4.69) is 5.32 Å². The lowest BCUT2D eigenvalue weighted by atomic mass is 9.31. The summed E-state index contributed by atoms with van der Waals surface area (Å²) in [5.41, 5.74) is -9.72. The van der Waals surface area contributed by atoms with Crippen molar-refractivity contribution in [1.82, 2.24) is 5.32 Å². The Kier molecular flexibility index (Phi) is 11.0. The molecule has 1 heterocycles. The number of nitrogens with one attached hydrogen (secondary N) is 1. The molecule has 4 bridgehead atoms. The van der Waals surface area contributed by atoms with Crippen LogP contribution in [0.2, 0.25) is 0 Å². The number of allylic oxidation sites excluding steroid dienone is 1. The van der Waals surface area contributed by atoms with E-state index < -0.39 is 118 Å².